The molecule has 1 heterocycles. The molecule has 5 nitrogen and oxygen atoms in total. The Morgan fingerprint density at radius 1 is 0.769 bits per heavy atom. The van der Waals surface area contributed by atoms with Crippen LogP contribution in [-0.4, -0.2) is 34.8 Å². The van der Waals surface area contributed by atoms with Crippen molar-refractivity contribution in [1.82, 2.24) is 15.2 Å². The van der Waals surface area contributed by atoms with E-state index in [1.165, 1.54) is 0 Å². The maximum absolute atomic E-state index is 13.8. The molecule has 0 unspecified atom stereocenters. The van der Waals surface area contributed by atoms with E-state index in [0.717, 1.165) is 33.2 Å². The largest absolute Gasteiger partial charge is 0.361 e. The predicted octanol–water partition coefficient (Wildman–Crippen LogP) is 6.08. The molecule has 5 heteroatoms. The van der Waals surface area contributed by atoms with Gasteiger partial charge in [0.05, 0.1) is 0 Å². The van der Waals surface area contributed by atoms with Gasteiger partial charge in [-0.05, 0) is 28.3 Å². The molecule has 39 heavy (non-hydrogen) atoms. The fourth-order valence-electron chi connectivity index (χ4n) is 5.16. The number of carbonyl (C=O) groups is 2. The Morgan fingerprint density at radius 3 is 1.97 bits per heavy atom. The number of nitrogens with one attached hydrogen (secondary N) is 2. The zero-order valence-corrected chi connectivity index (χ0v) is 22.1. The number of fused-ring (bicyclic) bond motifs is 1. The van der Waals surface area contributed by atoms with Crippen molar-refractivity contribution in [1.29, 1.82) is 0 Å². The van der Waals surface area contributed by atoms with Gasteiger partial charge in [0, 0.05) is 49.5 Å². The quantitative estimate of drug-likeness (QED) is 0.237. The van der Waals surface area contributed by atoms with Crippen molar-refractivity contribution in [2.45, 2.75) is 31.3 Å². The molecule has 0 saturated heterocycles. The van der Waals surface area contributed by atoms with E-state index in [4.69, 9.17) is 0 Å². The van der Waals surface area contributed by atoms with Gasteiger partial charge in [-0.2, -0.15) is 0 Å². The minimum Gasteiger partial charge on any atom is -0.361 e. The van der Waals surface area contributed by atoms with Crippen molar-refractivity contribution in [3.8, 4) is 0 Å². The second-order valence-corrected chi connectivity index (χ2v) is 9.94. The number of benzene rings is 4. The Bertz CT molecular complexity index is 1470. The monoisotopic (exact) mass is 515 g/mol. The predicted molar refractivity (Wildman–Crippen MR) is 156 cm³/mol. The molecule has 0 aliphatic carbocycles. The summed E-state index contributed by atoms with van der Waals surface area (Å²) in [4.78, 5) is 32.4. The van der Waals surface area contributed by atoms with Crippen molar-refractivity contribution in [2.24, 2.45) is 0 Å². The van der Waals surface area contributed by atoms with Crippen molar-refractivity contribution in [3.05, 3.63) is 144 Å². The van der Waals surface area contributed by atoms with E-state index in [1.54, 1.807) is 11.9 Å². The summed E-state index contributed by atoms with van der Waals surface area (Å²) < 4.78 is 0. The topological polar surface area (TPSA) is 65.2 Å². The Balaban J connectivity index is 1.39. The summed E-state index contributed by atoms with van der Waals surface area (Å²) in [6.07, 6.45) is 2.58. The Kier molecular flexibility index (Phi) is 8.18. The number of carbonyl (C=O) groups excluding carboxylic acids is 2. The molecule has 0 radical (unpaired) electrons. The Hall–Kier alpha value is -4.64. The number of rotatable bonds is 10. The number of hydrogen-bond donors (Lipinski definition) is 2. The number of para-hydroxylation sites is 1. The van der Waals surface area contributed by atoms with E-state index in [1.807, 2.05) is 121 Å². The summed E-state index contributed by atoms with van der Waals surface area (Å²) >= 11 is 0. The second-order valence-electron chi connectivity index (χ2n) is 9.94. The highest BCUT2D eigenvalue weighted by atomic mass is 16.2. The number of hydrogen-bond acceptors (Lipinski definition) is 2. The van der Waals surface area contributed by atoms with E-state index in [9.17, 15) is 9.59 Å². The van der Waals surface area contributed by atoms with Crippen molar-refractivity contribution >= 4 is 22.7 Å². The van der Waals surface area contributed by atoms with Crippen molar-refractivity contribution in [3.63, 3.8) is 0 Å². The van der Waals surface area contributed by atoms with Gasteiger partial charge in [0.2, 0.25) is 11.8 Å². The van der Waals surface area contributed by atoms with Gasteiger partial charge >= 0.3 is 0 Å². The van der Waals surface area contributed by atoms with E-state index >= 15 is 0 Å². The van der Waals surface area contributed by atoms with Crippen LogP contribution in [0.25, 0.3) is 10.9 Å². The van der Waals surface area contributed by atoms with Gasteiger partial charge < -0.3 is 15.2 Å². The van der Waals surface area contributed by atoms with Crippen LogP contribution in [0.1, 0.15) is 34.6 Å². The molecule has 0 bridgehead atoms. The number of H-pyrrole nitrogens is 1. The lowest BCUT2D eigenvalue weighted by Gasteiger charge is -2.26. The Labute approximate surface area is 229 Å². The fraction of sp³-hybridized carbons (Fsp3) is 0.176. The first kappa shape index (κ1) is 26.0. The number of likely N-dealkylation sites (N-methyl/N-ethyl adjacent to an activating group) is 1. The molecule has 0 spiro atoms. The van der Waals surface area contributed by atoms with E-state index in [-0.39, 0.29) is 24.2 Å². The van der Waals surface area contributed by atoms with Crippen molar-refractivity contribution < 1.29 is 9.59 Å². The molecule has 0 fully saturated rings. The molecule has 0 aliphatic heterocycles. The maximum Gasteiger partial charge on any atom is 0.245 e. The summed E-state index contributed by atoms with van der Waals surface area (Å²) in [6, 6.07) is 37.3. The van der Waals surface area contributed by atoms with Crippen LogP contribution in [0.5, 0.6) is 0 Å². The third-order valence-electron chi connectivity index (χ3n) is 7.16. The van der Waals surface area contributed by atoms with E-state index in [2.05, 4.69) is 10.3 Å². The molecular formula is C34H33N3O2. The molecule has 5 aromatic rings. The van der Waals surface area contributed by atoms with Crippen LogP contribution in [-0.2, 0) is 22.6 Å². The smallest absolute Gasteiger partial charge is 0.245 e. The van der Waals surface area contributed by atoms with Crippen LogP contribution >= 0.6 is 0 Å². The fourth-order valence-corrected chi connectivity index (χ4v) is 5.16. The third kappa shape index (κ3) is 6.44. The van der Waals surface area contributed by atoms with Gasteiger partial charge in [0.1, 0.15) is 6.04 Å². The average molecular weight is 516 g/mol. The molecule has 0 saturated carbocycles. The molecule has 2 amide bonds. The standard InChI is InChI=1S/C34H33N3O2/c1-37(24-25-13-5-2-6-14-25)34(39)32(21-28-23-35-31-20-12-11-19-29(28)31)36-33(38)22-30(26-15-7-3-8-16-26)27-17-9-4-10-18-27/h2-20,23,30,32,35H,21-22,24H2,1H3,(H,36,38)/t32-/m0/s1. The van der Waals surface area contributed by atoms with E-state index in [0.29, 0.717) is 13.0 Å². The molecule has 1 aromatic heterocycles. The third-order valence-corrected chi connectivity index (χ3v) is 7.16. The number of aromatic nitrogens is 1. The highest BCUT2D eigenvalue weighted by Crippen LogP contribution is 2.28. The molecule has 2 N–H and O–H groups in total. The lowest BCUT2D eigenvalue weighted by molar-refractivity contribution is -0.135. The van der Waals surface area contributed by atoms with Crippen LogP contribution in [0, 0.1) is 0 Å². The summed E-state index contributed by atoms with van der Waals surface area (Å²) in [5.74, 6) is -0.384. The maximum atomic E-state index is 13.8. The van der Waals surface area contributed by atoms with E-state index < -0.39 is 6.04 Å². The zero-order chi connectivity index (χ0) is 27.0. The van der Waals surface area contributed by atoms with Crippen LogP contribution in [0.4, 0.5) is 0 Å². The minimum absolute atomic E-state index is 0.113. The first-order valence-electron chi connectivity index (χ1n) is 13.3. The SMILES string of the molecule is CN(Cc1ccccc1)C(=O)[C@H](Cc1c[nH]c2ccccc12)NC(=O)CC(c1ccccc1)c1ccccc1. The summed E-state index contributed by atoms with van der Waals surface area (Å²) in [5, 5.41) is 4.17. The summed E-state index contributed by atoms with van der Waals surface area (Å²) in [5.41, 5.74) is 5.19. The molecular weight excluding hydrogens is 482 g/mol. The van der Waals surface area contributed by atoms with Crippen LogP contribution in [0.15, 0.2) is 121 Å². The molecule has 196 valence electrons. The van der Waals surface area contributed by atoms with Crippen LogP contribution in [0.3, 0.4) is 0 Å². The van der Waals surface area contributed by atoms with Gasteiger partial charge in [-0.3, -0.25) is 9.59 Å². The highest BCUT2D eigenvalue weighted by molar-refractivity contribution is 5.90. The first-order valence-corrected chi connectivity index (χ1v) is 13.3. The van der Waals surface area contributed by atoms with Gasteiger partial charge in [-0.1, -0.05) is 109 Å². The van der Waals surface area contributed by atoms with Gasteiger partial charge in [0.25, 0.3) is 0 Å². The molecule has 5 rings (SSSR count). The lowest BCUT2D eigenvalue weighted by Crippen LogP contribution is -2.48. The molecule has 0 aliphatic rings. The molecule has 1 atom stereocenters. The van der Waals surface area contributed by atoms with Gasteiger partial charge in [0.15, 0.2) is 0 Å². The minimum atomic E-state index is -0.697. The van der Waals surface area contributed by atoms with Crippen molar-refractivity contribution in [2.75, 3.05) is 7.05 Å². The zero-order valence-electron chi connectivity index (χ0n) is 22.1. The first-order chi connectivity index (χ1) is 19.1. The Morgan fingerprint density at radius 2 is 1.33 bits per heavy atom. The number of aromatic amines is 1. The highest BCUT2D eigenvalue weighted by Gasteiger charge is 2.27. The average Bonchev–Trinajstić information content (AvgIpc) is 3.39. The number of amides is 2. The van der Waals surface area contributed by atoms with Crippen LogP contribution in [0.2, 0.25) is 0 Å². The van der Waals surface area contributed by atoms with Crippen LogP contribution < -0.4 is 5.32 Å². The normalized spacial score (nSPS) is 11.8. The molecule has 4 aromatic carbocycles. The van der Waals surface area contributed by atoms with Gasteiger partial charge in [-0.15, -0.1) is 0 Å². The lowest BCUT2D eigenvalue weighted by atomic mass is 9.88. The summed E-state index contributed by atoms with van der Waals surface area (Å²) in [7, 11) is 1.79. The van der Waals surface area contributed by atoms with Gasteiger partial charge in [-0.25, -0.2) is 0 Å². The number of nitrogens with zero attached hydrogens (tertiary/aromatic N) is 1. The summed E-state index contributed by atoms with van der Waals surface area (Å²) in [6.45, 7) is 0.469. The second kappa shape index (κ2) is 12.3.